The molecule has 10 nitrogen and oxygen atoms in total. The Kier molecular flexibility index (Phi) is 12.4. The fourth-order valence-electron chi connectivity index (χ4n) is 3.80. The molecule has 42 heavy (non-hydrogen) atoms. The zero-order valence-electron chi connectivity index (χ0n) is 23.4. The van der Waals surface area contributed by atoms with Gasteiger partial charge in [-0.2, -0.15) is 4.99 Å². The number of rotatable bonds is 15. The fourth-order valence-corrected chi connectivity index (χ4v) is 4.74. The Labute approximate surface area is 244 Å². The Hall–Kier alpha value is -3.88. The Balaban J connectivity index is 1.78. The van der Waals surface area contributed by atoms with Crippen LogP contribution in [0.2, 0.25) is 0 Å². The smallest absolute Gasteiger partial charge is 0.497 e. The predicted octanol–water partition coefficient (Wildman–Crippen LogP) is 4.43. The van der Waals surface area contributed by atoms with E-state index in [4.69, 9.17) is 18.9 Å². The van der Waals surface area contributed by atoms with Crippen molar-refractivity contribution in [2.45, 2.75) is 26.3 Å². The predicted molar refractivity (Wildman–Crippen MR) is 149 cm³/mol. The Bertz CT molecular complexity index is 1390. The molecule has 228 valence electrons. The molecule has 0 aliphatic carbocycles. The summed E-state index contributed by atoms with van der Waals surface area (Å²) < 4.78 is 64.2. The lowest BCUT2D eigenvalue weighted by Crippen LogP contribution is -2.25. The summed E-state index contributed by atoms with van der Waals surface area (Å²) in [4.78, 5) is 29.2. The summed E-state index contributed by atoms with van der Waals surface area (Å²) in [6.45, 7) is 3.76. The van der Waals surface area contributed by atoms with Crippen LogP contribution in [0, 0.1) is 0 Å². The zero-order valence-corrected chi connectivity index (χ0v) is 24.2. The van der Waals surface area contributed by atoms with Gasteiger partial charge in [0.25, 0.3) is 5.91 Å². The van der Waals surface area contributed by atoms with Crippen LogP contribution in [0.3, 0.4) is 0 Å². The number of nitrogens with one attached hydrogen (secondary N) is 1. The van der Waals surface area contributed by atoms with Crippen LogP contribution in [-0.4, -0.2) is 69.9 Å². The minimum absolute atomic E-state index is 0.117. The van der Waals surface area contributed by atoms with Crippen molar-refractivity contribution in [3.05, 3.63) is 58.2 Å². The van der Waals surface area contributed by atoms with Crippen LogP contribution >= 0.6 is 11.3 Å². The molecule has 0 spiro atoms. The van der Waals surface area contributed by atoms with Crippen molar-refractivity contribution in [1.29, 1.82) is 0 Å². The van der Waals surface area contributed by atoms with Crippen molar-refractivity contribution in [2.24, 2.45) is 4.99 Å². The van der Waals surface area contributed by atoms with Crippen LogP contribution < -0.4 is 24.3 Å². The highest BCUT2D eigenvalue weighted by Crippen LogP contribution is 2.28. The second kappa shape index (κ2) is 15.9. The zero-order chi connectivity index (χ0) is 30.5. The number of methoxy groups -OCH3 is 2. The number of halogens is 3. The molecule has 2 aromatic carbocycles. The summed E-state index contributed by atoms with van der Waals surface area (Å²) >= 11 is 1.23. The summed E-state index contributed by atoms with van der Waals surface area (Å²) in [6, 6.07) is 10.3. The van der Waals surface area contributed by atoms with Crippen molar-refractivity contribution < 1.29 is 46.4 Å². The molecule has 0 bridgehead atoms. The number of carbonyl (C=O) groups excluding carboxylic acids is 2. The van der Waals surface area contributed by atoms with Crippen molar-refractivity contribution in [3.63, 3.8) is 0 Å². The van der Waals surface area contributed by atoms with E-state index in [2.05, 4.69) is 15.0 Å². The molecule has 1 N–H and O–H groups in total. The highest BCUT2D eigenvalue weighted by Gasteiger charge is 2.31. The van der Waals surface area contributed by atoms with Crippen LogP contribution in [0.15, 0.2) is 52.8 Å². The number of esters is 1. The van der Waals surface area contributed by atoms with Gasteiger partial charge in [0.05, 0.1) is 38.7 Å². The van der Waals surface area contributed by atoms with Gasteiger partial charge in [-0.1, -0.05) is 0 Å². The summed E-state index contributed by atoms with van der Waals surface area (Å²) in [7, 11) is 2.94. The minimum Gasteiger partial charge on any atom is -0.497 e. The maximum atomic E-state index is 13.2. The minimum atomic E-state index is -4.80. The lowest BCUT2D eigenvalue weighted by molar-refractivity contribution is -0.274. The third-order valence-corrected chi connectivity index (χ3v) is 6.56. The van der Waals surface area contributed by atoms with Gasteiger partial charge in [0.1, 0.15) is 23.9 Å². The lowest BCUT2D eigenvalue weighted by Gasteiger charge is -2.12. The van der Waals surface area contributed by atoms with Crippen LogP contribution in [0.4, 0.5) is 13.2 Å². The van der Waals surface area contributed by atoms with Gasteiger partial charge in [-0.15, -0.1) is 24.5 Å². The first-order valence-electron chi connectivity index (χ1n) is 12.9. The number of thiazole rings is 1. The Morgan fingerprint density at radius 1 is 1.02 bits per heavy atom. The summed E-state index contributed by atoms with van der Waals surface area (Å²) in [5.74, 6) is -0.457. The van der Waals surface area contributed by atoms with Gasteiger partial charge in [-0.3, -0.25) is 4.79 Å². The normalized spacial score (nSPS) is 11.8. The molecular formula is C28H32F3N3O7S. The summed E-state index contributed by atoms with van der Waals surface area (Å²) in [5, 5.41) is 5.00. The highest BCUT2D eigenvalue weighted by atomic mass is 32.1. The second-order valence-corrected chi connectivity index (χ2v) is 9.41. The van der Waals surface area contributed by atoms with Gasteiger partial charge in [-0.05, 0) is 61.9 Å². The molecule has 14 heteroatoms. The first-order chi connectivity index (χ1) is 20.1. The van der Waals surface area contributed by atoms with Crippen molar-refractivity contribution >= 4 is 23.2 Å². The average molecular weight is 612 g/mol. The standard InChI is InChI=1S/C28H32F3N3O7S/c1-4-40-25(35)17-39-15-13-32-12-5-14-34-23(19-6-8-20(9-7-19)41-28(29,30)31)18-42-27(34)33-26(36)22-11-10-21(37-2)16-24(22)38-3/h6-11,16,18,32H,4-5,12-15,17H2,1-3H3/b33-27-. The van der Waals surface area contributed by atoms with Crippen molar-refractivity contribution in [1.82, 2.24) is 9.88 Å². The molecule has 0 unspecified atom stereocenters. The molecule has 0 aliphatic rings. The molecule has 1 aromatic heterocycles. The lowest BCUT2D eigenvalue weighted by atomic mass is 10.1. The highest BCUT2D eigenvalue weighted by molar-refractivity contribution is 7.07. The SMILES string of the molecule is CCOC(=O)COCCNCCCn1c(-c2ccc(OC(F)(F)F)cc2)cs/c1=N\C(=O)c1ccc(OC)cc1OC. The molecule has 0 fully saturated rings. The first kappa shape index (κ1) is 32.6. The number of hydrogen-bond donors (Lipinski definition) is 1. The van der Waals surface area contributed by atoms with Crippen LogP contribution in [0.25, 0.3) is 11.3 Å². The third-order valence-electron chi connectivity index (χ3n) is 5.70. The fraction of sp³-hybridized carbons (Fsp3) is 0.393. The molecule has 0 radical (unpaired) electrons. The molecule has 3 aromatic rings. The number of amides is 1. The van der Waals surface area contributed by atoms with E-state index in [0.29, 0.717) is 66.8 Å². The molecule has 3 rings (SSSR count). The Morgan fingerprint density at radius 2 is 1.76 bits per heavy atom. The second-order valence-electron chi connectivity index (χ2n) is 8.57. The molecule has 0 atom stereocenters. The first-order valence-corrected chi connectivity index (χ1v) is 13.8. The molecule has 0 saturated heterocycles. The van der Waals surface area contributed by atoms with E-state index in [-0.39, 0.29) is 17.9 Å². The van der Waals surface area contributed by atoms with Gasteiger partial charge in [0.15, 0.2) is 4.80 Å². The maximum absolute atomic E-state index is 13.2. The number of nitrogens with zero attached hydrogens (tertiary/aromatic N) is 2. The van der Waals surface area contributed by atoms with E-state index in [0.717, 1.165) is 0 Å². The van der Waals surface area contributed by atoms with Gasteiger partial charge in [0.2, 0.25) is 0 Å². The number of alkyl halides is 3. The topological polar surface area (TPSA) is 110 Å². The van der Waals surface area contributed by atoms with E-state index in [1.54, 1.807) is 30.5 Å². The van der Waals surface area contributed by atoms with E-state index >= 15 is 0 Å². The number of benzene rings is 2. The monoisotopic (exact) mass is 611 g/mol. The van der Waals surface area contributed by atoms with E-state index < -0.39 is 18.2 Å². The van der Waals surface area contributed by atoms with Crippen LogP contribution in [0.5, 0.6) is 17.2 Å². The summed E-state index contributed by atoms with van der Waals surface area (Å²) in [5.41, 5.74) is 1.54. The molecule has 0 aliphatic heterocycles. The maximum Gasteiger partial charge on any atom is 0.573 e. The van der Waals surface area contributed by atoms with E-state index in [1.165, 1.54) is 49.8 Å². The number of aromatic nitrogens is 1. The van der Waals surface area contributed by atoms with Gasteiger partial charge >= 0.3 is 12.3 Å². The van der Waals surface area contributed by atoms with Crippen molar-refractivity contribution in [3.8, 4) is 28.5 Å². The number of ether oxygens (including phenoxy) is 5. The number of hydrogen-bond acceptors (Lipinski definition) is 9. The summed E-state index contributed by atoms with van der Waals surface area (Å²) in [6.07, 6.45) is -4.17. The molecule has 1 amide bonds. The van der Waals surface area contributed by atoms with Gasteiger partial charge in [-0.25, -0.2) is 4.79 Å². The quantitative estimate of drug-likeness (QED) is 0.199. The average Bonchev–Trinajstić information content (AvgIpc) is 3.35. The van der Waals surface area contributed by atoms with E-state index in [9.17, 15) is 22.8 Å². The molecule has 0 saturated carbocycles. The Morgan fingerprint density at radius 3 is 2.43 bits per heavy atom. The third kappa shape index (κ3) is 9.89. The van der Waals surface area contributed by atoms with E-state index in [1.807, 2.05) is 4.57 Å². The van der Waals surface area contributed by atoms with Crippen molar-refractivity contribution in [2.75, 3.05) is 47.1 Å². The van der Waals surface area contributed by atoms with Crippen LogP contribution in [-0.2, 0) is 20.8 Å². The molecular weight excluding hydrogens is 579 g/mol. The largest absolute Gasteiger partial charge is 0.573 e. The number of carbonyl (C=O) groups is 2. The van der Waals surface area contributed by atoms with Gasteiger partial charge in [0, 0.05) is 24.5 Å². The van der Waals surface area contributed by atoms with Gasteiger partial charge < -0.3 is 33.6 Å². The van der Waals surface area contributed by atoms with Crippen LogP contribution in [0.1, 0.15) is 23.7 Å². The molecule has 1 heterocycles.